The van der Waals surface area contributed by atoms with Gasteiger partial charge < -0.3 is 24.6 Å². The van der Waals surface area contributed by atoms with Crippen LogP contribution in [-0.2, 0) is 14.4 Å². The number of carbonyl (C=O) groups is 3. The highest BCUT2D eigenvalue weighted by atomic mass is 16.4. The summed E-state index contributed by atoms with van der Waals surface area (Å²) in [5.41, 5.74) is 0. The summed E-state index contributed by atoms with van der Waals surface area (Å²) in [7, 11) is 0. The second-order valence-electron chi connectivity index (χ2n) is 9.39. The van der Waals surface area contributed by atoms with Crippen LogP contribution in [0.4, 0.5) is 0 Å². The van der Waals surface area contributed by atoms with Gasteiger partial charge in [0.25, 0.3) is 0 Å². The maximum atomic E-state index is 11.8. The SMILES string of the molecule is CCCCCC/C=C/CCC[N+](CC(CC)C(=O)[O-])(CC(CC)C(=O)O)CC(CC)C(=O)O. The van der Waals surface area contributed by atoms with Crippen molar-refractivity contribution in [3.8, 4) is 0 Å². The van der Waals surface area contributed by atoms with Crippen LogP contribution in [-0.4, -0.2) is 58.8 Å². The number of carboxylic acids is 3. The van der Waals surface area contributed by atoms with Crippen LogP contribution < -0.4 is 5.11 Å². The minimum absolute atomic E-state index is 0.187. The molecule has 0 bridgehead atoms. The first kappa shape index (κ1) is 31.1. The van der Waals surface area contributed by atoms with Crippen LogP contribution in [0.2, 0.25) is 0 Å². The van der Waals surface area contributed by atoms with Crippen molar-refractivity contribution in [1.29, 1.82) is 0 Å². The Labute approximate surface area is 200 Å². The largest absolute Gasteiger partial charge is 0.550 e. The molecule has 0 spiro atoms. The molecule has 0 saturated carbocycles. The van der Waals surface area contributed by atoms with Gasteiger partial charge >= 0.3 is 11.9 Å². The Morgan fingerprint density at radius 2 is 1.18 bits per heavy atom. The molecule has 3 unspecified atom stereocenters. The number of nitrogens with zero attached hydrogens (tertiary/aromatic N) is 1. The van der Waals surface area contributed by atoms with Crippen molar-refractivity contribution in [3.05, 3.63) is 12.2 Å². The average molecular weight is 470 g/mol. The number of quaternary nitrogens is 1. The van der Waals surface area contributed by atoms with Gasteiger partial charge in [-0.2, -0.15) is 0 Å². The number of aliphatic carboxylic acids is 3. The third-order valence-electron chi connectivity index (χ3n) is 6.73. The molecule has 33 heavy (non-hydrogen) atoms. The van der Waals surface area contributed by atoms with E-state index in [1.807, 2.05) is 0 Å². The monoisotopic (exact) mass is 469 g/mol. The van der Waals surface area contributed by atoms with E-state index >= 15 is 0 Å². The molecule has 0 aliphatic carbocycles. The lowest BCUT2D eigenvalue weighted by Crippen LogP contribution is -2.59. The molecule has 0 radical (unpaired) electrons. The zero-order chi connectivity index (χ0) is 25.3. The Hall–Kier alpha value is -1.89. The summed E-state index contributed by atoms with van der Waals surface area (Å²) in [6, 6.07) is 0. The highest BCUT2D eigenvalue weighted by Gasteiger charge is 2.39. The van der Waals surface area contributed by atoms with Gasteiger partial charge in [-0.1, -0.05) is 59.1 Å². The van der Waals surface area contributed by atoms with E-state index in [0.717, 1.165) is 19.3 Å². The maximum Gasteiger partial charge on any atom is 0.312 e. The molecule has 2 N–H and O–H groups in total. The van der Waals surface area contributed by atoms with Crippen molar-refractivity contribution in [2.45, 2.75) is 91.9 Å². The highest BCUT2D eigenvalue weighted by molar-refractivity contribution is 5.70. The molecule has 0 aliphatic rings. The van der Waals surface area contributed by atoms with Gasteiger partial charge in [0.2, 0.25) is 0 Å². The number of allylic oxidation sites excluding steroid dienone is 2. The fourth-order valence-corrected chi connectivity index (χ4v) is 4.50. The molecule has 0 aromatic carbocycles. The molecule has 3 atom stereocenters. The first-order valence-corrected chi connectivity index (χ1v) is 12.8. The van der Waals surface area contributed by atoms with Crippen LogP contribution in [0, 0.1) is 17.8 Å². The van der Waals surface area contributed by atoms with Gasteiger partial charge in [0.1, 0.15) is 11.8 Å². The summed E-state index contributed by atoms with van der Waals surface area (Å²) in [6.45, 7) is 8.80. The zero-order valence-corrected chi connectivity index (χ0v) is 21.3. The van der Waals surface area contributed by atoms with Gasteiger partial charge in [0, 0.05) is 12.3 Å². The molecule has 0 amide bonds. The van der Waals surface area contributed by atoms with Crippen molar-refractivity contribution in [1.82, 2.24) is 0 Å². The number of hydrogen-bond acceptors (Lipinski definition) is 4. The normalized spacial score (nSPS) is 16.2. The van der Waals surface area contributed by atoms with E-state index in [1.54, 1.807) is 20.8 Å². The van der Waals surface area contributed by atoms with E-state index in [1.165, 1.54) is 25.7 Å². The van der Waals surface area contributed by atoms with Crippen LogP contribution in [0.1, 0.15) is 91.9 Å². The van der Waals surface area contributed by atoms with Gasteiger partial charge in [-0.25, -0.2) is 0 Å². The van der Waals surface area contributed by atoms with Crippen molar-refractivity contribution < 1.29 is 34.2 Å². The molecule has 0 aromatic rings. The Balaban J connectivity index is 5.64. The lowest BCUT2D eigenvalue weighted by atomic mass is 9.95. The van der Waals surface area contributed by atoms with Gasteiger partial charge in [0.05, 0.1) is 32.1 Å². The van der Waals surface area contributed by atoms with E-state index in [9.17, 15) is 29.7 Å². The number of unbranched alkanes of at least 4 members (excludes halogenated alkanes) is 5. The van der Waals surface area contributed by atoms with Crippen molar-refractivity contribution in [2.75, 3.05) is 26.2 Å². The Morgan fingerprint density at radius 3 is 1.58 bits per heavy atom. The summed E-state index contributed by atoms with van der Waals surface area (Å²) in [5, 5.41) is 31.1. The van der Waals surface area contributed by atoms with Gasteiger partial charge in [0.15, 0.2) is 0 Å². The smallest absolute Gasteiger partial charge is 0.312 e. The molecule has 192 valence electrons. The quantitative estimate of drug-likeness (QED) is 0.149. The molecular formula is C26H47NO6. The zero-order valence-electron chi connectivity index (χ0n) is 21.3. The minimum atomic E-state index is -1.15. The number of hydrogen-bond donors (Lipinski definition) is 2. The van der Waals surface area contributed by atoms with Crippen LogP contribution in [0.3, 0.4) is 0 Å². The van der Waals surface area contributed by atoms with Crippen LogP contribution >= 0.6 is 0 Å². The van der Waals surface area contributed by atoms with E-state index in [0.29, 0.717) is 25.8 Å². The van der Waals surface area contributed by atoms with E-state index in [-0.39, 0.29) is 24.1 Å². The molecule has 7 heteroatoms. The fraction of sp³-hybridized carbons (Fsp3) is 0.808. The van der Waals surface area contributed by atoms with Crippen molar-refractivity contribution >= 4 is 17.9 Å². The molecule has 0 rings (SSSR count). The average Bonchev–Trinajstić information content (AvgIpc) is 2.77. The van der Waals surface area contributed by atoms with Crippen molar-refractivity contribution in [2.24, 2.45) is 17.8 Å². The predicted octanol–water partition coefficient (Wildman–Crippen LogP) is 4.11. The minimum Gasteiger partial charge on any atom is -0.550 e. The third-order valence-corrected chi connectivity index (χ3v) is 6.73. The van der Waals surface area contributed by atoms with Gasteiger partial charge in [-0.3, -0.25) is 9.59 Å². The van der Waals surface area contributed by atoms with Crippen LogP contribution in [0.5, 0.6) is 0 Å². The third kappa shape index (κ3) is 12.8. The Morgan fingerprint density at radius 1 is 0.727 bits per heavy atom. The molecular weight excluding hydrogens is 422 g/mol. The fourth-order valence-electron chi connectivity index (χ4n) is 4.50. The van der Waals surface area contributed by atoms with Crippen molar-refractivity contribution in [3.63, 3.8) is 0 Å². The molecule has 7 nitrogen and oxygen atoms in total. The lowest BCUT2D eigenvalue weighted by molar-refractivity contribution is -0.935. The molecule has 0 aliphatic heterocycles. The second-order valence-corrected chi connectivity index (χ2v) is 9.39. The Kier molecular flexibility index (Phi) is 16.6. The standard InChI is InChI=1S/C26H47NO6/c1-5-9-10-11-12-13-14-15-16-17-27(18-21(6-2)24(28)29,19-22(7-3)25(30)31)20-23(8-4)26(32)33/h13-14,21-23H,5-12,15-20H2,1-4H3,(H2-,28,29,30,31,32,33)/b14-13+. The summed E-state index contributed by atoms with van der Waals surface area (Å²) < 4.78 is 0.187. The topological polar surface area (TPSA) is 115 Å². The van der Waals surface area contributed by atoms with E-state index in [4.69, 9.17) is 0 Å². The second kappa shape index (κ2) is 17.6. The lowest BCUT2D eigenvalue weighted by Gasteiger charge is -2.44. The van der Waals surface area contributed by atoms with E-state index < -0.39 is 35.7 Å². The first-order chi connectivity index (χ1) is 15.7. The predicted molar refractivity (Wildman–Crippen MR) is 128 cm³/mol. The summed E-state index contributed by atoms with van der Waals surface area (Å²) in [5.74, 6) is -5.03. The number of carboxylic acid groups (broad SMARTS) is 3. The summed E-state index contributed by atoms with van der Waals surface area (Å²) in [4.78, 5) is 35.4. The maximum absolute atomic E-state index is 11.8. The summed E-state index contributed by atoms with van der Waals surface area (Å²) >= 11 is 0. The molecule has 0 heterocycles. The number of carbonyl (C=O) groups excluding carboxylic acids is 1. The molecule has 0 saturated heterocycles. The molecule has 0 fully saturated rings. The number of rotatable bonds is 21. The Bertz CT molecular complexity index is 544. The van der Waals surface area contributed by atoms with E-state index in [2.05, 4.69) is 19.1 Å². The highest BCUT2D eigenvalue weighted by Crippen LogP contribution is 2.24. The van der Waals surface area contributed by atoms with Gasteiger partial charge in [-0.05, 0) is 38.5 Å². The van der Waals surface area contributed by atoms with Gasteiger partial charge in [-0.15, -0.1) is 0 Å². The van der Waals surface area contributed by atoms with Crippen LogP contribution in [0.15, 0.2) is 12.2 Å². The van der Waals surface area contributed by atoms with Crippen LogP contribution in [0.25, 0.3) is 0 Å². The summed E-state index contributed by atoms with van der Waals surface area (Å²) in [6.07, 6.45) is 13.0. The first-order valence-electron chi connectivity index (χ1n) is 12.8. The molecule has 0 aromatic heterocycles.